The number of fused-ring (bicyclic) bond motifs is 4. The lowest BCUT2D eigenvalue weighted by atomic mass is 10.0. The topological polar surface area (TPSA) is 104 Å². The van der Waals surface area contributed by atoms with Gasteiger partial charge in [0.05, 0.1) is 24.3 Å². The molecule has 3 fully saturated rings. The van der Waals surface area contributed by atoms with Crippen LogP contribution in [0.2, 0.25) is 0 Å². The first-order valence-corrected chi connectivity index (χ1v) is 15.4. The van der Waals surface area contributed by atoms with Crippen LogP contribution in [0.25, 0.3) is 10.8 Å². The predicted molar refractivity (Wildman–Crippen MR) is 164 cm³/mol. The van der Waals surface area contributed by atoms with Crippen molar-refractivity contribution in [3.8, 4) is 11.8 Å². The summed E-state index contributed by atoms with van der Waals surface area (Å²) in [5, 5.41) is 12.0. The van der Waals surface area contributed by atoms with Crippen LogP contribution in [0, 0.1) is 0 Å². The number of hydrogen-bond donors (Lipinski definition) is 1. The van der Waals surface area contributed by atoms with Crippen molar-refractivity contribution in [3.05, 3.63) is 47.7 Å². The average molecular weight is 607 g/mol. The van der Waals surface area contributed by atoms with Crippen molar-refractivity contribution in [3.63, 3.8) is 0 Å². The number of halogens is 1. The first kappa shape index (κ1) is 28.8. The molecule has 1 N–H and O–H groups in total. The molecule has 3 saturated heterocycles. The third-order valence-corrected chi connectivity index (χ3v) is 9.62. The maximum Gasteiger partial charge on any atom is 0.408 e. The van der Waals surface area contributed by atoms with Crippen molar-refractivity contribution in [2.24, 2.45) is 0 Å². The lowest BCUT2D eigenvalue weighted by molar-refractivity contribution is 0.0512. The molecule has 0 spiro atoms. The first-order chi connectivity index (χ1) is 21.4. The smallest absolute Gasteiger partial charge is 0.408 e. The minimum atomic E-state index is -1.19. The van der Waals surface area contributed by atoms with Crippen LogP contribution >= 0.6 is 0 Å². The highest BCUT2D eigenvalue weighted by Gasteiger charge is 2.50. The fourth-order valence-corrected chi connectivity index (χ4v) is 7.38. The highest BCUT2D eigenvalue weighted by Crippen LogP contribution is 2.39. The molecule has 11 nitrogen and oxygen atoms in total. The number of amides is 1. The maximum atomic E-state index is 15.0. The van der Waals surface area contributed by atoms with Crippen LogP contribution in [0.15, 0.2) is 36.4 Å². The van der Waals surface area contributed by atoms with E-state index in [9.17, 15) is 14.3 Å². The fourth-order valence-electron chi connectivity index (χ4n) is 7.38. The Hall–Kier alpha value is -3.90. The summed E-state index contributed by atoms with van der Waals surface area (Å²) in [5.74, 6) is 1.47. The van der Waals surface area contributed by atoms with E-state index in [0.29, 0.717) is 38.2 Å². The third kappa shape index (κ3) is 5.34. The molecule has 1 amide bonds. The Balaban J connectivity index is 1.23. The molecule has 4 aliphatic heterocycles. The second kappa shape index (κ2) is 11.9. The number of likely N-dealkylation sites (N-methyl/N-ethyl adjacent to an activating group) is 1. The van der Waals surface area contributed by atoms with Crippen molar-refractivity contribution in [1.29, 1.82) is 0 Å². The highest BCUT2D eigenvalue weighted by atomic mass is 19.1. The number of benzene rings is 2. The second-order valence-electron chi connectivity index (χ2n) is 12.3. The van der Waals surface area contributed by atoms with Gasteiger partial charge in [0.25, 0.3) is 0 Å². The molecular weight excluding hydrogens is 567 g/mol. The normalized spacial score (nSPS) is 25.0. The van der Waals surface area contributed by atoms with Gasteiger partial charge in [-0.25, -0.2) is 9.18 Å². The number of carboxylic acid groups (broad SMARTS) is 1. The van der Waals surface area contributed by atoms with E-state index in [1.165, 1.54) is 4.90 Å². The molecule has 0 saturated carbocycles. The van der Waals surface area contributed by atoms with Crippen molar-refractivity contribution in [2.45, 2.75) is 56.5 Å². The molecule has 7 rings (SSSR count). The van der Waals surface area contributed by atoms with Crippen LogP contribution in [-0.4, -0.2) is 109 Å². The van der Waals surface area contributed by atoms with E-state index < -0.39 is 24.3 Å². The molecule has 0 unspecified atom stereocenters. The number of aromatic nitrogens is 2. The number of piperazine rings is 1. The number of methoxy groups -OCH3 is 1. The average Bonchev–Trinajstić information content (AvgIpc) is 3.53. The minimum absolute atomic E-state index is 0.158. The van der Waals surface area contributed by atoms with Crippen LogP contribution in [-0.2, 0) is 17.7 Å². The number of likely N-dealkylation sites (tertiary alicyclic amines) is 1. The molecule has 2 aromatic carbocycles. The van der Waals surface area contributed by atoms with Crippen LogP contribution in [0.1, 0.15) is 30.5 Å². The summed E-state index contributed by atoms with van der Waals surface area (Å²) in [6.45, 7) is 3.60. The van der Waals surface area contributed by atoms with Gasteiger partial charge in [-0.1, -0.05) is 24.3 Å². The zero-order valence-electron chi connectivity index (χ0n) is 25.2. The van der Waals surface area contributed by atoms with Gasteiger partial charge in [0, 0.05) is 61.9 Å². The van der Waals surface area contributed by atoms with Gasteiger partial charge in [0.1, 0.15) is 24.3 Å². The van der Waals surface area contributed by atoms with Gasteiger partial charge in [-0.3, -0.25) is 4.90 Å². The SMILES string of the molecule is COCOc1cc(N2CCc3c(nc(OC[C@@H]4CCCN4C)nc3N3C[C@H]4C[C@@H](F)[C@@H](C3)N4C(=O)O)C2)c2ccccc2c1. The van der Waals surface area contributed by atoms with Crippen molar-refractivity contribution in [2.75, 3.05) is 63.5 Å². The Morgan fingerprint density at radius 1 is 1.11 bits per heavy atom. The first-order valence-electron chi connectivity index (χ1n) is 15.4. The molecule has 12 heteroatoms. The molecule has 44 heavy (non-hydrogen) atoms. The van der Waals surface area contributed by atoms with Gasteiger partial charge in [0.15, 0.2) is 6.79 Å². The predicted octanol–water partition coefficient (Wildman–Crippen LogP) is 3.93. The molecule has 5 heterocycles. The number of alkyl halides is 1. The highest BCUT2D eigenvalue weighted by molar-refractivity contribution is 5.95. The van der Waals surface area contributed by atoms with E-state index in [-0.39, 0.29) is 19.8 Å². The zero-order chi connectivity index (χ0) is 30.4. The number of nitrogens with zero attached hydrogens (tertiary/aromatic N) is 6. The number of carbonyl (C=O) groups is 1. The summed E-state index contributed by atoms with van der Waals surface area (Å²) in [4.78, 5) is 29.8. The summed E-state index contributed by atoms with van der Waals surface area (Å²) >= 11 is 0. The van der Waals surface area contributed by atoms with Crippen molar-refractivity contribution in [1.82, 2.24) is 19.8 Å². The van der Waals surface area contributed by atoms with Crippen LogP contribution in [0.4, 0.5) is 20.7 Å². The summed E-state index contributed by atoms with van der Waals surface area (Å²) in [5.41, 5.74) is 2.93. The van der Waals surface area contributed by atoms with Gasteiger partial charge in [-0.2, -0.15) is 9.97 Å². The molecule has 234 valence electrons. The number of rotatable bonds is 8. The van der Waals surface area contributed by atoms with E-state index >= 15 is 0 Å². The third-order valence-electron chi connectivity index (χ3n) is 9.62. The lowest BCUT2D eigenvalue weighted by Gasteiger charge is -2.41. The van der Waals surface area contributed by atoms with Crippen LogP contribution in [0.5, 0.6) is 11.8 Å². The van der Waals surface area contributed by atoms with Crippen LogP contribution in [0.3, 0.4) is 0 Å². The van der Waals surface area contributed by atoms with E-state index in [2.05, 4.69) is 33.9 Å². The summed E-state index contributed by atoms with van der Waals surface area (Å²) in [7, 11) is 3.71. The van der Waals surface area contributed by atoms with E-state index in [1.54, 1.807) is 7.11 Å². The van der Waals surface area contributed by atoms with E-state index in [0.717, 1.165) is 65.2 Å². The number of anilines is 2. The fraction of sp³-hybridized carbons (Fsp3) is 0.531. The number of hydrogen-bond acceptors (Lipinski definition) is 9. The van der Waals surface area contributed by atoms with E-state index in [4.69, 9.17) is 24.2 Å². The zero-order valence-corrected chi connectivity index (χ0v) is 25.2. The Morgan fingerprint density at radius 3 is 2.75 bits per heavy atom. The molecule has 4 atom stereocenters. The lowest BCUT2D eigenvalue weighted by Crippen LogP contribution is -2.57. The minimum Gasteiger partial charge on any atom is -0.467 e. The van der Waals surface area contributed by atoms with Gasteiger partial charge in [-0.05, 0) is 44.3 Å². The van der Waals surface area contributed by atoms with Crippen LogP contribution < -0.4 is 19.3 Å². The quantitative estimate of drug-likeness (QED) is 0.380. The molecular formula is C32H39FN6O5. The maximum absolute atomic E-state index is 15.0. The number of ether oxygens (including phenoxy) is 3. The summed E-state index contributed by atoms with van der Waals surface area (Å²) < 4.78 is 32.2. The molecule has 1 aromatic heterocycles. The Labute approximate surface area is 256 Å². The van der Waals surface area contributed by atoms with Gasteiger partial charge < -0.3 is 34.0 Å². The largest absolute Gasteiger partial charge is 0.467 e. The van der Waals surface area contributed by atoms with Crippen molar-refractivity contribution >= 4 is 28.4 Å². The molecule has 4 aliphatic rings. The summed E-state index contributed by atoms with van der Waals surface area (Å²) in [6, 6.07) is 11.8. The standard InChI is InChI=1S/C32H39FN6O5/c1-36-10-5-7-21(36)18-43-31-34-27-16-37(28-14-23(44-19-42-2)12-20-6-3-4-8-24(20)28)11-9-25(27)30(35-31)38-15-22-13-26(33)29(17-38)39(22)32(40)41/h3-4,6,8,12,14,21-22,26,29H,5,7,9-11,13,15-19H2,1-2H3,(H,40,41)/t21-,22+,26+,29+/m0/s1. The molecule has 3 aromatic rings. The Morgan fingerprint density at radius 2 is 1.98 bits per heavy atom. The Bertz CT molecular complexity index is 1540. The molecule has 0 aliphatic carbocycles. The Kier molecular flexibility index (Phi) is 7.79. The van der Waals surface area contributed by atoms with Gasteiger partial charge in [0.2, 0.25) is 0 Å². The summed E-state index contributed by atoms with van der Waals surface area (Å²) in [6.07, 6.45) is 0.840. The molecule has 0 radical (unpaired) electrons. The molecule has 2 bridgehead atoms. The second-order valence-corrected chi connectivity index (χ2v) is 12.3. The van der Waals surface area contributed by atoms with Crippen molar-refractivity contribution < 1.29 is 28.5 Å². The van der Waals surface area contributed by atoms with Gasteiger partial charge in [-0.15, -0.1) is 0 Å². The van der Waals surface area contributed by atoms with Gasteiger partial charge >= 0.3 is 12.1 Å². The van der Waals surface area contributed by atoms with E-state index in [1.807, 2.05) is 24.3 Å². The monoisotopic (exact) mass is 606 g/mol.